The Kier molecular flexibility index (Phi) is 5.46. The minimum atomic E-state index is 0.196. The zero-order valence-electron chi connectivity index (χ0n) is 14.6. The van der Waals surface area contributed by atoms with E-state index in [1.165, 1.54) is 0 Å². The molecular formula is C19H24N6. The van der Waals surface area contributed by atoms with Gasteiger partial charge in [-0.1, -0.05) is 19.4 Å². The van der Waals surface area contributed by atoms with Crippen LogP contribution < -0.4 is 16.0 Å². The molecule has 1 fully saturated rings. The van der Waals surface area contributed by atoms with Crippen LogP contribution in [0.1, 0.15) is 37.4 Å². The van der Waals surface area contributed by atoms with Gasteiger partial charge in [0.25, 0.3) is 0 Å². The van der Waals surface area contributed by atoms with Crippen molar-refractivity contribution < 1.29 is 0 Å². The molecule has 1 saturated heterocycles. The Hall–Kier alpha value is -2.65. The van der Waals surface area contributed by atoms with Crippen LogP contribution in [0.2, 0.25) is 0 Å². The van der Waals surface area contributed by atoms with E-state index in [0.29, 0.717) is 11.5 Å². The van der Waals surface area contributed by atoms with E-state index in [9.17, 15) is 0 Å². The third-order valence-corrected chi connectivity index (χ3v) is 4.30. The van der Waals surface area contributed by atoms with Gasteiger partial charge < -0.3 is 16.0 Å². The van der Waals surface area contributed by atoms with Gasteiger partial charge >= 0.3 is 0 Å². The molecule has 130 valence electrons. The maximum atomic E-state index is 9.05. The number of piperidine rings is 1. The lowest BCUT2D eigenvalue weighted by Gasteiger charge is -2.32. The molecule has 0 unspecified atom stereocenters. The monoisotopic (exact) mass is 336 g/mol. The smallest absolute Gasteiger partial charge is 0.229 e. The van der Waals surface area contributed by atoms with Crippen molar-refractivity contribution in [3.05, 3.63) is 41.6 Å². The van der Waals surface area contributed by atoms with Crippen molar-refractivity contribution in [2.75, 3.05) is 23.3 Å². The Morgan fingerprint density at radius 3 is 3.00 bits per heavy atom. The molecule has 0 radical (unpaired) electrons. The summed E-state index contributed by atoms with van der Waals surface area (Å²) >= 11 is 0. The van der Waals surface area contributed by atoms with Crippen LogP contribution in [0.3, 0.4) is 0 Å². The van der Waals surface area contributed by atoms with Gasteiger partial charge in [-0.25, -0.2) is 4.98 Å². The Morgan fingerprint density at radius 2 is 2.24 bits per heavy atom. The Balaban J connectivity index is 1.88. The van der Waals surface area contributed by atoms with Crippen molar-refractivity contribution >= 4 is 17.5 Å². The molecule has 0 saturated carbocycles. The molecule has 2 heterocycles. The molecule has 6 heteroatoms. The Morgan fingerprint density at radius 1 is 1.36 bits per heavy atom. The zero-order valence-corrected chi connectivity index (χ0v) is 14.6. The number of nitrogens with two attached hydrogens (primary N) is 1. The van der Waals surface area contributed by atoms with Crippen molar-refractivity contribution in [3.8, 4) is 6.07 Å². The zero-order chi connectivity index (χ0) is 17.6. The first kappa shape index (κ1) is 17.2. The number of nitrogens with one attached hydrogen (secondary N) is 1. The molecule has 1 aromatic carbocycles. The summed E-state index contributed by atoms with van der Waals surface area (Å²) in [6.45, 7) is 3.94. The van der Waals surface area contributed by atoms with E-state index < -0.39 is 0 Å². The molecular weight excluding hydrogens is 312 g/mol. The maximum absolute atomic E-state index is 9.05. The lowest BCUT2D eigenvalue weighted by atomic mass is 10.1. The molecule has 6 nitrogen and oxygen atoms in total. The van der Waals surface area contributed by atoms with Crippen LogP contribution in [0.4, 0.5) is 17.5 Å². The van der Waals surface area contributed by atoms with Crippen LogP contribution in [0, 0.1) is 11.3 Å². The number of anilines is 3. The number of aryl methyl sites for hydroxylation is 1. The quantitative estimate of drug-likeness (QED) is 0.872. The Labute approximate surface area is 148 Å². The van der Waals surface area contributed by atoms with Crippen LogP contribution >= 0.6 is 0 Å². The number of nitrogens with zero attached hydrogens (tertiary/aromatic N) is 4. The molecule has 1 atom stereocenters. The van der Waals surface area contributed by atoms with Gasteiger partial charge in [-0.2, -0.15) is 10.2 Å². The highest BCUT2D eigenvalue weighted by molar-refractivity contribution is 5.58. The van der Waals surface area contributed by atoms with Crippen LogP contribution in [0.5, 0.6) is 0 Å². The summed E-state index contributed by atoms with van der Waals surface area (Å²) in [5.74, 6) is 1.49. The van der Waals surface area contributed by atoms with Gasteiger partial charge in [0.2, 0.25) is 5.95 Å². The summed E-state index contributed by atoms with van der Waals surface area (Å²) in [5.41, 5.74) is 8.56. The van der Waals surface area contributed by atoms with E-state index in [1.807, 2.05) is 12.1 Å². The molecule has 25 heavy (non-hydrogen) atoms. The normalized spacial score (nSPS) is 17.2. The minimum Gasteiger partial charge on any atom is -0.355 e. The van der Waals surface area contributed by atoms with Gasteiger partial charge in [0.05, 0.1) is 11.6 Å². The third kappa shape index (κ3) is 4.46. The van der Waals surface area contributed by atoms with E-state index >= 15 is 0 Å². The topological polar surface area (TPSA) is 90.9 Å². The predicted molar refractivity (Wildman–Crippen MR) is 99.9 cm³/mol. The molecule has 2 aromatic rings. The maximum Gasteiger partial charge on any atom is 0.229 e. The minimum absolute atomic E-state index is 0.196. The molecule has 1 aromatic heterocycles. The molecule has 1 aliphatic rings. The summed E-state index contributed by atoms with van der Waals surface area (Å²) in [6.07, 6.45) is 4.08. The number of hydrogen-bond donors (Lipinski definition) is 2. The van der Waals surface area contributed by atoms with Crippen molar-refractivity contribution in [2.45, 2.75) is 38.6 Å². The second-order valence-corrected chi connectivity index (χ2v) is 6.46. The van der Waals surface area contributed by atoms with Crippen LogP contribution in [-0.2, 0) is 6.42 Å². The summed E-state index contributed by atoms with van der Waals surface area (Å²) in [4.78, 5) is 11.6. The van der Waals surface area contributed by atoms with Crippen molar-refractivity contribution in [1.82, 2.24) is 9.97 Å². The molecule has 3 rings (SSSR count). The summed E-state index contributed by atoms with van der Waals surface area (Å²) in [7, 11) is 0. The first-order valence-corrected chi connectivity index (χ1v) is 8.83. The summed E-state index contributed by atoms with van der Waals surface area (Å²) in [6, 6.07) is 11.7. The third-order valence-electron chi connectivity index (χ3n) is 4.30. The van der Waals surface area contributed by atoms with Crippen LogP contribution in [0.15, 0.2) is 30.3 Å². The highest BCUT2D eigenvalue weighted by Crippen LogP contribution is 2.22. The second kappa shape index (κ2) is 7.95. The van der Waals surface area contributed by atoms with E-state index in [2.05, 4.69) is 39.2 Å². The van der Waals surface area contributed by atoms with E-state index in [4.69, 9.17) is 11.0 Å². The van der Waals surface area contributed by atoms with Gasteiger partial charge in [-0.3, -0.25) is 0 Å². The highest BCUT2D eigenvalue weighted by Gasteiger charge is 2.19. The first-order valence-electron chi connectivity index (χ1n) is 8.83. The first-order chi connectivity index (χ1) is 12.2. The van der Waals surface area contributed by atoms with Crippen LogP contribution in [0.25, 0.3) is 0 Å². The molecule has 0 aliphatic carbocycles. The van der Waals surface area contributed by atoms with E-state index in [1.54, 1.807) is 12.1 Å². The lowest BCUT2D eigenvalue weighted by Crippen LogP contribution is -2.43. The fourth-order valence-electron chi connectivity index (χ4n) is 3.10. The fourth-order valence-corrected chi connectivity index (χ4v) is 3.10. The SMILES string of the molecule is CCCc1cc(N2CCC[C@@H](N)C2)nc(Nc2cccc(C#N)c2)n1. The van der Waals surface area contributed by atoms with Gasteiger partial charge in [-0.05, 0) is 37.5 Å². The Bertz CT molecular complexity index is 767. The van der Waals surface area contributed by atoms with Crippen molar-refractivity contribution in [2.24, 2.45) is 5.73 Å². The van der Waals surface area contributed by atoms with Gasteiger partial charge in [0.15, 0.2) is 0 Å². The molecule has 0 spiro atoms. The van der Waals surface area contributed by atoms with E-state index in [0.717, 1.165) is 56.0 Å². The largest absolute Gasteiger partial charge is 0.355 e. The average Bonchev–Trinajstić information content (AvgIpc) is 2.62. The average molecular weight is 336 g/mol. The molecule has 1 aliphatic heterocycles. The number of nitriles is 1. The number of aromatic nitrogens is 2. The van der Waals surface area contributed by atoms with Crippen molar-refractivity contribution in [1.29, 1.82) is 5.26 Å². The molecule has 0 amide bonds. The number of benzene rings is 1. The van der Waals surface area contributed by atoms with Gasteiger partial charge in [-0.15, -0.1) is 0 Å². The molecule has 3 N–H and O–H groups in total. The summed E-state index contributed by atoms with van der Waals surface area (Å²) in [5, 5.41) is 12.3. The van der Waals surface area contributed by atoms with Crippen LogP contribution in [-0.4, -0.2) is 29.1 Å². The van der Waals surface area contributed by atoms with Gasteiger partial charge in [0.1, 0.15) is 5.82 Å². The highest BCUT2D eigenvalue weighted by atomic mass is 15.2. The standard InChI is InChI=1S/C19H24N6/c1-2-5-16-11-18(25-9-4-7-15(21)13-25)24-19(22-16)23-17-8-3-6-14(10-17)12-20/h3,6,8,10-11,15H,2,4-5,7,9,13,21H2,1H3,(H,22,23,24)/t15-/m1/s1. The van der Waals surface area contributed by atoms with Gasteiger partial charge in [0, 0.05) is 36.6 Å². The number of hydrogen-bond acceptors (Lipinski definition) is 6. The number of rotatable bonds is 5. The molecule has 0 bridgehead atoms. The lowest BCUT2D eigenvalue weighted by molar-refractivity contribution is 0.503. The fraction of sp³-hybridized carbons (Fsp3) is 0.421. The van der Waals surface area contributed by atoms with Crippen molar-refractivity contribution in [3.63, 3.8) is 0 Å². The predicted octanol–water partition coefficient (Wildman–Crippen LogP) is 2.97. The second-order valence-electron chi connectivity index (χ2n) is 6.46. The van der Waals surface area contributed by atoms with E-state index in [-0.39, 0.29) is 6.04 Å². The summed E-state index contributed by atoms with van der Waals surface area (Å²) < 4.78 is 0.